The van der Waals surface area contributed by atoms with E-state index in [-0.39, 0.29) is 16.3 Å². The third-order valence-electron chi connectivity index (χ3n) is 3.48. The summed E-state index contributed by atoms with van der Waals surface area (Å²) in [5.74, 6) is -6.37. The van der Waals surface area contributed by atoms with Crippen LogP contribution in [0.4, 0.5) is 32.4 Å². The predicted octanol–water partition coefficient (Wildman–Crippen LogP) is 5.48. The Hall–Kier alpha value is -3.14. The minimum Gasteiger partial charge on any atom is -0.496 e. The summed E-state index contributed by atoms with van der Waals surface area (Å²) in [6, 6.07) is 7.69. The maximum atomic E-state index is 13.8. The fourth-order valence-electron chi connectivity index (χ4n) is 2.17. The summed E-state index contributed by atoms with van der Waals surface area (Å²) in [4.78, 5) is 24.0. The van der Waals surface area contributed by atoms with Crippen LogP contribution in [0.15, 0.2) is 48.3 Å². The number of imide groups is 1. The average molecular weight is 435 g/mol. The summed E-state index contributed by atoms with van der Waals surface area (Å²) in [5, 5.41) is 4.32. The van der Waals surface area contributed by atoms with Gasteiger partial charge in [-0.05, 0) is 24.3 Å². The second kappa shape index (κ2) is 8.91. The highest BCUT2D eigenvalue weighted by atomic mass is 35.5. The predicted molar refractivity (Wildman–Crippen MR) is 96.1 cm³/mol. The number of carbonyl (C=O) groups excluding carboxylic acids is 2. The molecule has 154 valence electrons. The van der Waals surface area contributed by atoms with Crippen LogP contribution in [-0.2, 0) is 0 Å². The number of amides is 3. The van der Waals surface area contributed by atoms with E-state index >= 15 is 0 Å². The molecule has 0 aliphatic rings. The highest BCUT2D eigenvalue weighted by Crippen LogP contribution is 2.38. The number of nitrogens with one attached hydrogen (secondary N) is 2. The van der Waals surface area contributed by atoms with E-state index in [1.54, 1.807) is 6.07 Å². The summed E-state index contributed by atoms with van der Waals surface area (Å²) in [6.45, 7) is 0. The van der Waals surface area contributed by atoms with Crippen LogP contribution in [0.1, 0.15) is 15.9 Å². The van der Waals surface area contributed by atoms with Crippen molar-refractivity contribution < 1.29 is 36.3 Å². The summed E-state index contributed by atoms with van der Waals surface area (Å²) < 4.78 is 68.7. The van der Waals surface area contributed by atoms with Gasteiger partial charge in [0.15, 0.2) is 5.83 Å². The maximum Gasteiger partial charge on any atom is 0.445 e. The number of carbonyl (C=O) groups is 2. The van der Waals surface area contributed by atoms with E-state index in [2.05, 4.69) is 5.32 Å². The van der Waals surface area contributed by atoms with E-state index in [0.29, 0.717) is 0 Å². The van der Waals surface area contributed by atoms with Crippen LogP contribution in [-0.4, -0.2) is 25.2 Å². The number of allylic oxidation sites excluding steroid dienone is 1. The van der Waals surface area contributed by atoms with Gasteiger partial charge in [0.1, 0.15) is 5.75 Å². The molecule has 2 rings (SSSR count). The highest BCUT2D eigenvalue weighted by Gasteiger charge is 2.39. The van der Waals surface area contributed by atoms with E-state index in [4.69, 9.17) is 16.3 Å². The van der Waals surface area contributed by atoms with Gasteiger partial charge in [0.05, 0.1) is 23.3 Å². The van der Waals surface area contributed by atoms with Crippen molar-refractivity contribution in [3.63, 3.8) is 0 Å². The summed E-state index contributed by atoms with van der Waals surface area (Å²) in [6.07, 6.45) is -5.51. The van der Waals surface area contributed by atoms with Crippen molar-refractivity contribution in [2.75, 3.05) is 12.4 Å². The van der Waals surface area contributed by atoms with Gasteiger partial charge in [-0.25, -0.2) is 9.18 Å². The van der Waals surface area contributed by atoms with Crippen LogP contribution in [0.5, 0.6) is 5.75 Å². The van der Waals surface area contributed by atoms with Gasteiger partial charge in [0.25, 0.3) is 5.91 Å². The van der Waals surface area contributed by atoms with Crippen molar-refractivity contribution in [1.82, 2.24) is 5.32 Å². The Morgan fingerprint density at radius 2 is 1.69 bits per heavy atom. The molecule has 0 unspecified atom stereocenters. The van der Waals surface area contributed by atoms with E-state index in [9.17, 15) is 31.5 Å². The number of rotatable bonds is 4. The minimum absolute atomic E-state index is 0.0343. The monoisotopic (exact) mass is 434 g/mol. The lowest BCUT2D eigenvalue weighted by Gasteiger charge is -2.12. The van der Waals surface area contributed by atoms with Crippen molar-refractivity contribution in [3.05, 3.63) is 64.4 Å². The van der Waals surface area contributed by atoms with Gasteiger partial charge in [-0.1, -0.05) is 23.7 Å². The minimum atomic E-state index is -5.51. The largest absolute Gasteiger partial charge is 0.496 e. The fourth-order valence-corrected chi connectivity index (χ4v) is 2.39. The molecule has 0 bridgehead atoms. The quantitative estimate of drug-likeness (QED) is 0.626. The molecule has 0 aliphatic carbocycles. The number of halogens is 6. The first-order chi connectivity index (χ1) is 13.5. The zero-order valence-electron chi connectivity index (χ0n) is 14.5. The van der Waals surface area contributed by atoms with Crippen LogP contribution >= 0.6 is 11.6 Å². The first-order valence-electron chi connectivity index (χ1n) is 7.72. The Morgan fingerprint density at radius 3 is 2.28 bits per heavy atom. The van der Waals surface area contributed by atoms with Crippen molar-refractivity contribution in [3.8, 4) is 5.75 Å². The van der Waals surface area contributed by atoms with E-state index in [0.717, 1.165) is 25.3 Å². The third kappa shape index (κ3) is 5.44. The van der Waals surface area contributed by atoms with Gasteiger partial charge in [-0.2, -0.15) is 17.6 Å². The van der Waals surface area contributed by atoms with Crippen molar-refractivity contribution in [2.24, 2.45) is 0 Å². The summed E-state index contributed by atoms with van der Waals surface area (Å²) in [7, 11) is 1.02. The van der Waals surface area contributed by atoms with E-state index in [1.165, 1.54) is 18.2 Å². The summed E-state index contributed by atoms with van der Waals surface area (Å²) in [5.41, 5.74) is -0.831. The highest BCUT2D eigenvalue weighted by molar-refractivity contribution is 6.34. The topological polar surface area (TPSA) is 67.4 Å². The second-order valence-electron chi connectivity index (χ2n) is 5.43. The van der Waals surface area contributed by atoms with Gasteiger partial charge >= 0.3 is 12.2 Å². The molecule has 2 aromatic carbocycles. The molecule has 2 aromatic rings. The molecule has 0 atom stereocenters. The van der Waals surface area contributed by atoms with Gasteiger partial charge in [-0.3, -0.25) is 10.1 Å². The number of methoxy groups -OCH3 is 1. The molecule has 11 heteroatoms. The normalized spacial score (nSPS) is 12.1. The molecule has 0 fully saturated rings. The van der Waals surface area contributed by atoms with Crippen LogP contribution in [0.25, 0.3) is 5.83 Å². The van der Waals surface area contributed by atoms with Gasteiger partial charge < -0.3 is 10.1 Å². The second-order valence-corrected chi connectivity index (χ2v) is 5.84. The fraction of sp³-hybridized carbons (Fsp3) is 0.111. The number of hydrogen-bond acceptors (Lipinski definition) is 3. The lowest BCUT2D eigenvalue weighted by Crippen LogP contribution is -2.34. The van der Waals surface area contributed by atoms with Gasteiger partial charge in [-0.15, -0.1) is 0 Å². The van der Waals surface area contributed by atoms with E-state index < -0.39 is 41.1 Å². The molecule has 0 saturated heterocycles. The first-order valence-corrected chi connectivity index (χ1v) is 8.10. The van der Waals surface area contributed by atoms with Gasteiger partial charge in [0.2, 0.25) is 5.83 Å². The molecule has 0 spiro atoms. The number of anilines is 1. The Kier molecular flexibility index (Phi) is 6.80. The van der Waals surface area contributed by atoms with Gasteiger partial charge in [0, 0.05) is 11.8 Å². The average Bonchev–Trinajstić information content (AvgIpc) is 2.66. The van der Waals surface area contributed by atoms with Crippen LogP contribution in [0.3, 0.4) is 0 Å². The molecule has 0 aliphatic heterocycles. The summed E-state index contributed by atoms with van der Waals surface area (Å²) >= 11 is 5.85. The zero-order valence-corrected chi connectivity index (χ0v) is 15.3. The Labute approximate surface area is 166 Å². The SMILES string of the molecule is COc1cc(NC(=O)NC(=O)c2ccccc2Cl)ccc1/C(F)=C(\F)C(F)(F)F. The molecule has 0 radical (unpaired) electrons. The van der Waals surface area contributed by atoms with Crippen LogP contribution < -0.4 is 15.4 Å². The van der Waals surface area contributed by atoms with Crippen molar-refractivity contribution in [1.29, 1.82) is 0 Å². The lowest BCUT2D eigenvalue weighted by atomic mass is 10.1. The van der Waals surface area contributed by atoms with Crippen molar-refractivity contribution >= 4 is 35.1 Å². The molecule has 5 nitrogen and oxygen atoms in total. The Morgan fingerprint density at radius 1 is 1.03 bits per heavy atom. The van der Waals surface area contributed by atoms with Crippen LogP contribution in [0.2, 0.25) is 5.02 Å². The molecule has 2 N–H and O–H groups in total. The lowest BCUT2D eigenvalue weighted by molar-refractivity contribution is -0.108. The maximum absolute atomic E-state index is 13.8. The Balaban J connectivity index is 2.19. The van der Waals surface area contributed by atoms with E-state index in [1.807, 2.05) is 5.32 Å². The number of ether oxygens (including phenoxy) is 1. The molecule has 0 heterocycles. The smallest absolute Gasteiger partial charge is 0.445 e. The number of urea groups is 1. The molecule has 0 saturated carbocycles. The molecule has 29 heavy (non-hydrogen) atoms. The first kappa shape index (κ1) is 22.2. The zero-order chi connectivity index (χ0) is 21.8. The molecule has 3 amide bonds. The Bertz CT molecular complexity index is 976. The number of alkyl halides is 3. The molecular weight excluding hydrogens is 423 g/mol. The molecular formula is C18H12ClF5N2O3. The van der Waals surface area contributed by atoms with Crippen molar-refractivity contribution in [2.45, 2.75) is 6.18 Å². The van der Waals surface area contributed by atoms with Crippen LogP contribution in [0, 0.1) is 0 Å². The number of hydrogen-bond donors (Lipinski definition) is 2. The number of benzene rings is 2. The molecule has 0 aromatic heterocycles. The third-order valence-corrected chi connectivity index (χ3v) is 3.81. The standard InChI is InChI=1S/C18H12ClF5N2O3/c1-29-13-8-9(6-7-11(13)14(20)15(21)18(22,23)24)25-17(28)26-16(27)10-4-2-3-5-12(10)19/h2-8H,1H3,(H2,25,26,27,28)/b15-14+.